The number of hydrogen-bond acceptors (Lipinski definition) is 6. The molecule has 0 fully saturated rings. The van der Waals surface area contributed by atoms with E-state index in [4.69, 9.17) is 16.3 Å². The van der Waals surface area contributed by atoms with Gasteiger partial charge < -0.3 is 10.1 Å². The average Bonchev–Trinajstić information content (AvgIpc) is 3.21. The van der Waals surface area contributed by atoms with Crippen molar-refractivity contribution in [2.75, 3.05) is 26.7 Å². The Morgan fingerprint density at radius 3 is 2.79 bits per heavy atom. The van der Waals surface area contributed by atoms with E-state index in [1.54, 1.807) is 35.3 Å². The summed E-state index contributed by atoms with van der Waals surface area (Å²) in [5.74, 6) is -1.20. The van der Waals surface area contributed by atoms with Crippen molar-refractivity contribution in [3.05, 3.63) is 64.8 Å². The molecular weight excluding hydrogens is 477 g/mol. The molecule has 0 aliphatic rings. The molecule has 2 aromatic rings. The third-order valence-corrected chi connectivity index (χ3v) is 6.69. The van der Waals surface area contributed by atoms with Crippen molar-refractivity contribution < 1.29 is 13.9 Å². The fourth-order valence-electron chi connectivity index (χ4n) is 3.53. The van der Waals surface area contributed by atoms with Crippen LogP contribution in [0.25, 0.3) is 0 Å². The van der Waals surface area contributed by atoms with E-state index < -0.39 is 11.7 Å². The first-order chi connectivity index (χ1) is 16.2. The molecule has 3 unspecified atom stereocenters. The van der Waals surface area contributed by atoms with Gasteiger partial charge in [-0.2, -0.15) is 5.10 Å². The number of aliphatic imine (C=N–C) groups is 1. The van der Waals surface area contributed by atoms with Crippen LogP contribution in [0.15, 0.2) is 47.9 Å². The number of likely N-dealkylation sites (N-methyl/N-ethyl adjacent to an activating group) is 1. The molecule has 10 heteroatoms. The lowest BCUT2D eigenvalue weighted by molar-refractivity contribution is 0.0490. The number of amides is 1. The van der Waals surface area contributed by atoms with E-state index in [0.29, 0.717) is 18.8 Å². The van der Waals surface area contributed by atoms with Gasteiger partial charge in [0.1, 0.15) is 5.82 Å². The minimum Gasteiger partial charge on any atom is -0.375 e. The third-order valence-electron chi connectivity index (χ3n) is 5.41. The van der Waals surface area contributed by atoms with Gasteiger partial charge in [0.25, 0.3) is 5.91 Å². The zero-order valence-electron chi connectivity index (χ0n) is 20.3. The largest absolute Gasteiger partial charge is 0.375 e. The molecule has 1 heterocycles. The van der Waals surface area contributed by atoms with E-state index in [9.17, 15) is 9.18 Å². The summed E-state index contributed by atoms with van der Waals surface area (Å²) in [6.07, 6.45) is 3.52. The van der Waals surface area contributed by atoms with Crippen LogP contribution in [-0.2, 0) is 11.8 Å². The van der Waals surface area contributed by atoms with Gasteiger partial charge in [-0.25, -0.2) is 4.39 Å². The topological polar surface area (TPSA) is 71.8 Å². The maximum Gasteiger partial charge on any atom is 0.255 e. The van der Waals surface area contributed by atoms with Crippen molar-refractivity contribution in [3.8, 4) is 0 Å². The van der Waals surface area contributed by atoms with E-state index in [1.165, 1.54) is 18.2 Å². The summed E-state index contributed by atoms with van der Waals surface area (Å²) in [6, 6.07) is 4.09. The lowest BCUT2D eigenvalue weighted by Gasteiger charge is -2.36. The van der Waals surface area contributed by atoms with Crippen molar-refractivity contribution in [1.82, 2.24) is 20.0 Å². The van der Waals surface area contributed by atoms with Crippen molar-refractivity contribution in [3.63, 3.8) is 0 Å². The van der Waals surface area contributed by atoms with E-state index >= 15 is 0 Å². The summed E-state index contributed by atoms with van der Waals surface area (Å²) in [5, 5.41) is 7.25. The summed E-state index contributed by atoms with van der Waals surface area (Å²) in [4.78, 5) is 19.3. The predicted octanol–water partition coefficient (Wildman–Crippen LogP) is 4.70. The highest BCUT2D eigenvalue weighted by Gasteiger charge is 2.28. The Balaban J connectivity index is 2.23. The zero-order chi connectivity index (χ0) is 25.3. The Morgan fingerprint density at radius 2 is 2.24 bits per heavy atom. The lowest BCUT2D eigenvalue weighted by atomic mass is 10.1. The van der Waals surface area contributed by atoms with Crippen LogP contribution in [0.4, 0.5) is 4.39 Å². The number of nitrogens with one attached hydrogen (secondary N) is 1. The Bertz CT molecular complexity index is 979. The normalized spacial score (nSPS) is 14.4. The number of allylic oxidation sites excluding steroid dienone is 1. The monoisotopic (exact) mass is 509 g/mol. The van der Waals surface area contributed by atoms with Gasteiger partial charge in [-0.1, -0.05) is 38.1 Å². The number of methoxy groups -OCH3 is 1. The Labute approximate surface area is 210 Å². The van der Waals surface area contributed by atoms with E-state index in [1.807, 2.05) is 20.2 Å². The number of aryl methyl sites for hydroxylation is 1. The van der Waals surface area contributed by atoms with E-state index in [-0.39, 0.29) is 34.5 Å². The lowest BCUT2D eigenvalue weighted by Crippen LogP contribution is -2.50. The molecule has 0 saturated carbocycles. The standard InChI is InChI=1S/C24H33ClFN5O2S/c1-7-31(14-22(33-6)18-11-29-30(5)13-18)21(17(4)34-15-28-16(2)3)12-27-24(32)23-19(25)9-8-10-20(23)26/h8-11,13,15,17,21-22H,2,7,12,14H2,1,3-6H3,(H,27,32). The molecule has 0 aliphatic heterocycles. The van der Waals surface area contributed by atoms with Gasteiger partial charge in [0.2, 0.25) is 0 Å². The molecule has 186 valence electrons. The van der Waals surface area contributed by atoms with Gasteiger partial charge in [0.15, 0.2) is 0 Å². The first-order valence-corrected chi connectivity index (χ1v) is 12.3. The number of nitrogens with zero attached hydrogens (tertiary/aromatic N) is 4. The molecule has 7 nitrogen and oxygen atoms in total. The third kappa shape index (κ3) is 7.94. The first kappa shape index (κ1) is 28.0. The molecule has 1 aromatic heterocycles. The molecule has 2 rings (SSSR count). The highest BCUT2D eigenvalue weighted by atomic mass is 35.5. The molecule has 0 saturated heterocycles. The van der Waals surface area contributed by atoms with Gasteiger partial charge in [-0.15, -0.1) is 11.8 Å². The summed E-state index contributed by atoms with van der Waals surface area (Å²) in [7, 11) is 3.53. The summed E-state index contributed by atoms with van der Waals surface area (Å²) in [6.45, 7) is 11.3. The van der Waals surface area contributed by atoms with Crippen LogP contribution in [0, 0.1) is 5.82 Å². The van der Waals surface area contributed by atoms with Crippen molar-refractivity contribution in [2.24, 2.45) is 12.0 Å². The summed E-state index contributed by atoms with van der Waals surface area (Å²) >= 11 is 7.62. The van der Waals surface area contributed by atoms with Gasteiger partial charge in [0.05, 0.1) is 28.4 Å². The fraction of sp³-hybridized carbons (Fsp3) is 0.458. The van der Waals surface area contributed by atoms with Crippen LogP contribution in [0.1, 0.15) is 42.8 Å². The highest BCUT2D eigenvalue weighted by molar-refractivity contribution is 8.12. The van der Waals surface area contributed by atoms with Crippen LogP contribution < -0.4 is 5.32 Å². The van der Waals surface area contributed by atoms with Gasteiger partial charge in [0, 0.05) is 56.0 Å². The Hall–Kier alpha value is -2.20. The maximum absolute atomic E-state index is 14.2. The van der Waals surface area contributed by atoms with Gasteiger partial charge in [-0.3, -0.25) is 19.4 Å². The zero-order valence-corrected chi connectivity index (χ0v) is 21.9. The molecule has 1 aromatic carbocycles. The van der Waals surface area contributed by atoms with Crippen LogP contribution in [-0.4, -0.2) is 64.2 Å². The number of benzene rings is 1. The molecule has 0 bridgehead atoms. The number of carbonyl (C=O) groups excluding carboxylic acids is 1. The quantitative estimate of drug-likeness (QED) is 0.313. The van der Waals surface area contributed by atoms with Crippen LogP contribution >= 0.6 is 23.4 Å². The number of halogens is 2. The van der Waals surface area contributed by atoms with Crippen LogP contribution in [0.2, 0.25) is 5.02 Å². The average molecular weight is 510 g/mol. The number of hydrogen-bond donors (Lipinski definition) is 1. The number of ether oxygens (including phenoxy) is 1. The second kappa shape index (κ2) is 13.6. The minimum atomic E-state index is -0.652. The molecule has 3 atom stereocenters. The molecule has 0 spiro atoms. The maximum atomic E-state index is 14.2. The molecule has 0 aliphatic carbocycles. The van der Waals surface area contributed by atoms with Crippen LogP contribution in [0.3, 0.4) is 0 Å². The second-order valence-electron chi connectivity index (χ2n) is 7.94. The van der Waals surface area contributed by atoms with Crippen LogP contribution in [0.5, 0.6) is 0 Å². The first-order valence-electron chi connectivity index (χ1n) is 11.0. The minimum absolute atomic E-state index is 0.0471. The smallest absolute Gasteiger partial charge is 0.255 e. The Kier molecular flexibility index (Phi) is 11.2. The van der Waals surface area contributed by atoms with E-state index in [2.05, 4.69) is 40.7 Å². The predicted molar refractivity (Wildman–Crippen MR) is 138 cm³/mol. The van der Waals surface area contributed by atoms with Crippen molar-refractivity contribution in [1.29, 1.82) is 0 Å². The SMILES string of the molecule is C=C(C)N=CSC(C)C(CNC(=O)c1c(F)cccc1Cl)N(CC)CC(OC)c1cnn(C)c1. The molecule has 34 heavy (non-hydrogen) atoms. The van der Waals surface area contributed by atoms with Crippen molar-refractivity contribution in [2.45, 2.75) is 38.2 Å². The number of aromatic nitrogens is 2. The fourth-order valence-corrected chi connectivity index (χ4v) is 4.67. The van der Waals surface area contributed by atoms with E-state index in [0.717, 1.165) is 5.56 Å². The Morgan fingerprint density at radius 1 is 1.50 bits per heavy atom. The van der Waals surface area contributed by atoms with Gasteiger partial charge >= 0.3 is 0 Å². The highest BCUT2D eigenvalue weighted by Crippen LogP contribution is 2.24. The molecule has 0 radical (unpaired) electrons. The molecule has 1 N–H and O–H groups in total. The number of thioether (sulfide) groups is 1. The number of carbonyl (C=O) groups is 1. The molecular formula is C24H33ClFN5O2S. The summed E-state index contributed by atoms with van der Waals surface area (Å²) < 4.78 is 21.7. The summed E-state index contributed by atoms with van der Waals surface area (Å²) in [5.41, 5.74) is 3.29. The molecule has 1 amide bonds. The van der Waals surface area contributed by atoms with Gasteiger partial charge in [-0.05, 0) is 25.6 Å². The van der Waals surface area contributed by atoms with Crippen molar-refractivity contribution >= 4 is 34.8 Å². The number of rotatable bonds is 13. The second-order valence-corrected chi connectivity index (χ2v) is 9.58.